The van der Waals surface area contributed by atoms with E-state index in [9.17, 15) is 36.3 Å². The van der Waals surface area contributed by atoms with Crippen molar-refractivity contribution in [2.24, 2.45) is 5.92 Å². The summed E-state index contributed by atoms with van der Waals surface area (Å²) in [6.07, 6.45) is -5.01. The molecule has 0 aliphatic carbocycles. The molecule has 0 spiro atoms. The molecule has 0 bridgehead atoms. The smallest absolute Gasteiger partial charge is 0.392 e. The van der Waals surface area contributed by atoms with Gasteiger partial charge in [0.05, 0.1) is 36.3 Å². The number of thiophene rings is 1. The number of hydrogen-bond acceptors (Lipinski definition) is 9. The molecule has 3 aromatic rings. The summed E-state index contributed by atoms with van der Waals surface area (Å²) < 4.78 is 86.4. The molecule has 1 aliphatic heterocycles. The Bertz CT molecular complexity index is 1590. The number of methoxy groups -OCH3 is 2. The van der Waals surface area contributed by atoms with Crippen LogP contribution >= 0.6 is 22.9 Å². The summed E-state index contributed by atoms with van der Waals surface area (Å²) in [7, 11) is -1.88. The summed E-state index contributed by atoms with van der Waals surface area (Å²) in [5.41, 5.74) is -0.646. The van der Waals surface area contributed by atoms with Gasteiger partial charge in [0.1, 0.15) is 24.1 Å². The number of piperidine rings is 1. The second kappa shape index (κ2) is 12.1. The van der Waals surface area contributed by atoms with Crippen molar-refractivity contribution in [1.29, 1.82) is 0 Å². The van der Waals surface area contributed by atoms with Crippen LogP contribution in [0, 0.1) is 5.92 Å². The molecule has 1 saturated heterocycles. The van der Waals surface area contributed by atoms with E-state index in [1.54, 1.807) is 18.2 Å². The Balaban J connectivity index is 1.97. The first-order valence-electron chi connectivity index (χ1n) is 12.2. The third-order valence-corrected chi connectivity index (χ3v) is 9.17. The number of sulfonamides is 1. The molecule has 17 heteroatoms. The maximum Gasteiger partial charge on any atom is 0.392 e. The zero-order valence-electron chi connectivity index (χ0n) is 22.3. The Kier molecular flexibility index (Phi) is 9.11. The Morgan fingerprint density at radius 1 is 1.17 bits per heavy atom. The Hall–Kier alpha value is -3.34. The Morgan fingerprint density at radius 3 is 2.40 bits per heavy atom. The van der Waals surface area contributed by atoms with Gasteiger partial charge in [-0.25, -0.2) is 8.42 Å². The summed E-state index contributed by atoms with van der Waals surface area (Å²) in [6.45, 7) is -0.897. The van der Waals surface area contributed by atoms with E-state index in [1.807, 2.05) is 0 Å². The maximum atomic E-state index is 14.4. The average molecular weight is 652 g/mol. The number of hydrogen-bond donors (Lipinski definition) is 1. The number of carboxylic acid groups (broad SMARTS) is 1. The van der Waals surface area contributed by atoms with Gasteiger partial charge in [0.2, 0.25) is 15.8 Å². The first-order chi connectivity index (χ1) is 19.7. The minimum Gasteiger partial charge on any atom is -0.496 e. The highest BCUT2D eigenvalue weighted by Crippen LogP contribution is 2.50. The molecule has 1 N–H and O–H groups in total. The third-order valence-electron chi connectivity index (χ3n) is 6.70. The van der Waals surface area contributed by atoms with Gasteiger partial charge in [-0.05, 0) is 30.7 Å². The molecule has 228 valence electrons. The number of aliphatic carboxylic acids is 1. The van der Waals surface area contributed by atoms with Gasteiger partial charge in [-0.3, -0.25) is 9.59 Å². The van der Waals surface area contributed by atoms with E-state index in [-0.39, 0.29) is 17.9 Å². The number of para-hydroxylation sites is 1. The van der Waals surface area contributed by atoms with Gasteiger partial charge in [0, 0.05) is 17.3 Å². The van der Waals surface area contributed by atoms with Crippen molar-refractivity contribution in [3.63, 3.8) is 0 Å². The van der Waals surface area contributed by atoms with Gasteiger partial charge >= 0.3 is 12.1 Å². The van der Waals surface area contributed by atoms with E-state index in [0.717, 1.165) is 18.4 Å². The normalized spacial score (nSPS) is 19.8. The molecule has 11 nitrogen and oxygen atoms in total. The van der Waals surface area contributed by atoms with E-state index in [2.05, 4.69) is 5.10 Å². The molecule has 42 heavy (non-hydrogen) atoms. The highest BCUT2D eigenvalue weighted by molar-refractivity contribution is 7.88. The highest BCUT2D eigenvalue weighted by Gasteiger charge is 2.57. The average Bonchev–Trinajstić information content (AvgIpc) is 3.51. The molecule has 1 fully saturated rings. The van der Waals surface area contributed by atoms with E-state index >= 15 is 0 Å². The van der Waals surface area contributed by atoms with Crippen molar-refractivity contribution in [1.82, 2.24) is 14.1 Å². The van der Waals surface area contributed by atoms with Crippen LogP contribution in [0.5, 0.6) is 17.4 Å². The fraction of sp³-hybridized carbons (Fsp3) is 0.400. The number of rotatable bonds is 9. The predicted octanol–water partition coefficient (Wildman–Crippen LogP) is 4.26. The van der Waals surface area contributed by atoms with Crippen LogP contribution in [-0.4, -0.2) is 78.7 Å². The molecule has 4 rings (SSSR count). The molecule has 3 atom stereocenters. The zero-order valence-corrected chi connectivity index (χ0v) is 24.7. The lowest BCUT2D eigenvalue weighted by Crippen LogP contribution is -2.56. The largest absolute Gasteiger partial charge is 0.496 e. The molecule has 3 unspecified atom stereocenters. The van der Waals surface area contributed by atoms with Crippen LogP contribution in [0.15, 0.2) is 36.4 Å². The number of ether oxygens (including phenoxy) is 3. The minimum absolute atomic E-state index is 0.0377. The van der Waals surface area contributed by atoms with Gasteiger partial charge in [-0.1, -0.05) is 23.7 Å². The number of benzene rings is 1. The Morgan fingerprint density at radius 2 is 1.86 bits per heavy atom. The van der Waals surface area contributed by atoms with Crippen LogP contribution < -0.4 is 14.2 Å². The van der Waals surface area contributed by atoms with Crippen LogP contribution in [0.4, 0.5) is 13.2 Å². The van der Waals surface area contributed by atoms with E-state index in [0.29, 0.717) is 24.5 Å². The minimum atomic E-state index is -4.96. The van der Waals surface area contributed by atoms with E-state index in [1.165, 1.54) is 25.3 Å². The number of halogens is 4. The lowest BCUT2D eigenvalue weighted by Gasteiger charge is -2.42. The monoisotopic (exact) mass is 651 g/mol. The van der Waals surface area contributed by atoms with Crippen LogP contribution in [-0.2, 0) is 21.4 Å². The molecule has 3 heterocycles. The van der Waals surface area contributed by atoms with E-state index in [4.69, 9.17) is 25.8 Å². The second-order valence-electron chi connectivity index (χ2n) is 9.25. The van der Waals surface area contributed by atoms with Crippen LogP contribution in [0.25, 0.3) is 0 Å². The highest BCUT2D eigenvalue weighted by atomic mass is 35.5. The number of carbonyl (C=O) groups is 2. The van der Waals surface area contributed by atoms with Gasteiger partial charge in [0.15, 0.2) is 0 Å². The lowest BCUT2D eigenvalue weighted by molar-refractivity contribution is -0.195. The third kappa shape index (κ3) is 6.21. The van der Waals surface area contributed by atoms with Gasteiger partial charge in [0.25, 0.3) is 11.8 Å². The number of nitrogens with zero attached hydrogens (tertiary/aromatic N) is 3. The van der Waals surface area contributed by atoms with Gasteiger partial charge in [-0.15, -0.1) is 11.3 Å². The molecule has 0 saturated carbocycles. The lowest BCUT2D eigenvalue weighted by atomic mass is 9.77. The number of carbonyl (C=O) groups excluding carboxylic acids is 1. The summed E-state index contributed by atoms with van der Waals surface area (Å²) >= 11 is 7.14. The quantitative estimate of drug-likeness (QED) is 0.360. The number of carboxylic acids is 1. The maximum absolute atomic E-state index is 14.4. The summed E-state index contributed by atoms with van der Waals surface area (Å²) in [5.74, 6) is -7.93. The summed E-state index contributed by atoms with van der Waals surface area (Å²) in [4.78, 5) is 26.8. The molecule has 1 aromatic carbocycles. The first kappa shape index (κ1) is 31.6. The van der Waals surface area contributed by atoms with Crippen LogP contribution in [0.2, 0.25) is 4.34 Å². The van der Waals surface area contributed by atoms with Crippen molar-refractivity contribution < 1.29 is 50.5 Å². The van der Waals surface area contributed by atoms with Gasteiger partial charge < -0.3 is 19.3 Å². The zero-order chi connectivity index (χ0) is 31.0. The fourth-order valence-electron chi connectivity index (χ4n) is 4.92. The molecule has 2 aromatic heterocycles. The van der Waals surface area contributed by atoms with Crippen molar-refractivity contribution >= 4 is 44.8 Å². The number of alkyl halides is 3. The molecular formula is C25H25ClF3N3O8S2. The fourth-order valence-corrected chi connectivity index (χ4v) is 6.99. The first-order valence-corrected chi connectivity index (χ1v) is 15.2. The van der Waals surface area contributed by atoms with Crippen LogP contribution in [0.3, 0.4) is 0 Å². The summed E-state index contributed by atoms with van der Waals surface area (Å²) in [6, 6.07) is 7.00. The SMILES string of the molecule is COc1ccccc1C(=O)n1nc(C2C(C(=O)O)N(S(C)(=O)=O)CCC2C(F)(F)F)c(OC)c1OCc1ccc(Cl)s1. The predicted molar refractivity (Wildman–Crippen MR) is 145 cm³/mol. The van der Waals surface area contributed by atoms with Crippen molar-refractivity contribution in [2.75, 3.05) is 27.0 Å². The summed E-state index contributed by atoms with van der Waals surface area (Å²) in [5, 5.41) is 14.2. The molecule has 1 aliphatic rings. The molecule has 0 radical (unpaired) electrons. The van der Waals surface area contributed by atoms with Gasteiger partial charge in [-0.2, -0.15) is 27.3 Å². The number of aromatic nitrogens is 2. The van der Waals surface area contributed by atoms with Crippen molar-refractivity contribution in [2.45, 2.75) is 31.2 Å². The van der Waals surface area contributed by atoms with Crippen molar-refractivity contribution in [3.05, 3.63) is 56.9 Å². The molecule has 0 amide bonds. The Labute approximate surface area is 247 Å². The second-order valence-corrected chi connectivity index (χ2v) is 13.0. The van der Waals surface area contributed by atoms with Crippen LogP contribution in [0.1, 0.15) is 33.3 Å². The standard InChI is InChI=1S/C25H25ClF3N3O8S2/c1-38-16-7-5-4-6-14(16)22(33)32-23(40-12-13-8-9-17(26)41-13)21(39-2)19(30-32)18-15(25(27,28)29)10-11-31(42(3,36)37)20(18)24(34)35/h4-9,15,18,20H,10-12H2,1-3H3,(H,34,35). The van der Waals surface area contributed by atoms with E-state index < -0.39 is 76.2 Å². The molecular weight excluding hydrogens is 627 g/mol. The topological polar surface area (TPSA) is 137 Å². The van der Waals surface area contributed by atoms with Crippen molar-refractivity contribution in [3.8, 4) is 17.4 Å².